The van der Waals surface area contributed by atoms with E-state index in [-0.39, 0.29) is 30.3 Å². The number of aromatic nitrogens is 1. The molecule has 0 aliphatic heterocycles. The molecule has 28 heavy (non-hydrogen) atoms. The predicted octanol–water partition coefficient (Wildman–Crippen LogP) is 2.71. The summed E-state index contributed by atoms with van der Waals surface area (Å²) in [4.78, 5) is 25.6. The van der Waals surface area contributed by atoms with Crippen LogP contribution in [0.15, 0.2) is 34.9 Å². The zero-order chi connectivity index (χ0) is 19.7. The Balaban J connectivity index is 1.30. The summed E-state index contributed by atoms with van der Waals surface area (Å²) >= 11 is 0. The van der Waals surface area contributed by atoms with Gasteiger partial charge in [-0.25, -0.2) is 0 Å². The largest absolute Gasteiger partial charge is 0.480 e. The maximum atomic E-state index is 12.4. The van der Waals surface area contributed by atoms with Gasteiger partial charge in [-0.05, 0) is 38.5 Å². The standard InChI is InChI=1S/C21H25N3O4/c1-13-2-6-15(7-3-13)18-10-19(28-23-18)21(27)22-16-8-17(9-16)24(12-20(25)26)11-14-4-5-14/h2-3,6-7,10,14,16-17H,4-5,8-9,11-12H2,1H3,(H,22,27)(H,25,26). The summed E-state index contributed by atoms with van der Waals surface area (Å²) < 4.78 is 5.22. The van der Waals surface area contributed by atoms with Crippen molar-refractivity contribution in [3.05, 3.63) is 41.7 Å². The van der Waals surface area contributed by atoms with Gasteiger partial charge in [0.25, 0.3) is 5.91 Å². The molecule has 1 heterocycles. The molecule has 0 atom stereocenters. The van der Waals surface area contributed by atoms with Crippen LogP contribution < -0.4 is 5.32 Å². The fourth-order valence-electron chi connectivity index (χ4n) is 3.65. The normalized spacial score (nSPS) is 21.4. The molecule has 2 fully saturated rings. The van der Waals surface area contributed by atoms with Crippen molar-refractivity contribution in [3.63, 3.8) is 0 Å². The van der Waals surface area contributed by atoms with Crippen LogP contribution in [0.1, 0.15) is 41.8 Å². The van der Waals surface area contributed by atoms with Crippen LogP contribution in [0, 0.1) is 12.8 Å². The summed E-state index contributed by atoms with van der Waals surface area (Å²) in [6, 6.07) is 9.79. The fourth-order valence-corrected chi connectivity index (χ4v) is 3.65. The van der Waals surface area contributed by atoms with Crippen molar-refractivity contribution < 1.29 is 19.2 Å². The number of benzene rings is 1. The highest BCUT2D eigenvalue weighted by Crippen LogP contribution is 2.34. The first kappa shape index (κ1) is 18.7. The van der Waals surface area contributed by atoms with Gasteiger partial charge in [-0.2, -0.15) is 0 Å². The highest BCUT2D eigenvalue weighted by atomic mass is 16.5. The topological polar surface area (TPSA) is 95.7 Å². The van der Waals surface area contributed by atoms with Gasteiger partial charge in [-0.1, -0.05) is 35.0 Å². The third kappa shape index (κ3) is 4.42. The van der Waals surface area contributed by atoms with E-state index >= 15 is 0 Å². The molecule has 0 spiro atoms. The van der Waals surface area contributed by atoms with Crippen LogP contribution in [-0.2, 0) is 4.79 Å². The maximum Gasteiger partial charge on any atom is 0.317 e. The van der Waals surface area contributed by atoms with E-state index in [4.69, 9.17) is 9.63 Å². The van der Waals surface area contributed by atoms with Crippen molar-refractivity contribution in [2.45, 2.75) is 44.7 Å². The lowest BCUT2D eigenvalue weighted by Gasteiger charge is -2.42. The number of carboxylic acid groups (broad SMARTS) is 1. The first-order valence-electron chi connectivity index (χ1n) is 9.78. The van der Waals surface area contributed by atoms with Crippen LogP contribution >= 0.6 is 0 Å². The molecular formula is C21H25N3O4. The molecule has 2 aliphatic rings. The van der Waals surface area contributed by atoms with Crippen molar-refractivity contribution >= 4 is 11.9 Å². The lowest BCUT2D eigenvalue weighted by atomic mass is 9.85. The number of aliphatic carboxylic acids is 1. The van der Waals surface area contributed by atoms with Crippen LogP contribution in [0.2, 0.25) is 0 Å². The van der Waals surface area contributed by atoms with Gasteiger partial charge in [-0.15, -0.1) is 0 Å². The second-order valence-corrected chi connectivity index (χ2v) is 8.00. The van der Waals surface area contributed by atoms with Gasteiger partial charge >= 0.3 is 5.97 Å². The smallest absolute Gasteiger partial charge is 0.317 e. The van der Waals surface area contributed by atoms with Crippen LogP contribution in [0.25, 0.3) is 11.3 Å². The highest BCUT2D eigenvalue weighted by molar-refractivity contribution is 5.92. The summed E-state index contributed by atoms with van der Waals surface area (Å²) in [6.45, 7) is 2.93. The molecule has 1 aromatic heterocycles. The van der Waals surface area contributed by atoms with Gasteiger partial charge in [0.05, 0.1) is 6.54 Å². The number of nitrogens with one attached hydrogen (secondary N) is 1. The molecule has 4 rings (SSSR count). The number of aryl methyl sites for hydroxylation is 1. The Kier molecular flexibility index (Phi) is 5.17. The number of carbonyl (C=O) groups is 2. The van der Waals surface area contributed by atoms with Crippen molar-refractivity contribution in [3.8, 4) is 11.3 Å². The molecule has 0 saturated heterocycles. The molecule has 2 aromatic rings. The Labute approximate surface area is 163 Å². The minimum Gasteiger partial charge on any atom is -0.480 e. The summed E-state index contributed by atoms with van der Waals surface area (Å²) in [6.07, 6.45) is 3.92. The van der Waals surface area contributed by atoms with Gasteiger partial charge in [-0.3, -0.25) is 14.5 Å². The molecule has 148 valence electrons. The predicted molar refractivity (Wildman–Crippen MR) is 103 cm³/mol. The summed E-state index contributed by atoms with van der Waals surface area (Å²) in [5, 5.41) is 16.1. The molecule has 7 nitrogen and oxygen atoms in total. The summed E-state index contributed by atoms with van der Waals surface area (Å²) in [5.74, 6) is -0.235. The van der Waals surface area contributed by atoms with Gasteiger partial charge in [0.2, 0.25) is 5.76 Å². The molecule has 2 aliphatic carbocycles. The lowest BCUT2D eigenvalue weighted by Crippen LogP contribution is -2.55. The van der Waals surface area contributed by atoms with E-state index in [0.29, 0.717) is 11.6 Å². The lowest BCUT2D eigenvalue weighted by molar-refractivity contribution is -0.139. The number of hydrogen-bond acceptors (Lipinski definition) is 5. The van der Waals surface area contributed by atoms with Crippen LogP contribution in [0.3, 0.4) is 0 Å². The van der Waals surface area contributed by atoms with Gasteiger partial charge in [0, 0.05) is 30.3 Å². The first-order chi connectivity index (χ1) is 13.5. The highest BCUT2D eigenvalue weighted by Gasteiger charge is 2.38. The van der Waals surface area contributed by atoms with Gasteiger partial charge < -0.3 is 14.9 Å². The van der Waals surface area contributed by atoms with Crippen molar-refractivity contribution in [2.75, 3.05) is 13.1 Å². The third-order valence-corrected chi connectivity index (χ3v) is 5.57. The number of carbonyl (C=O) groups excluding carboxylic acids is 1. The molecule has 2 saturated carbocycles. The van der Waals surface area contributed by atoms with E-state index in [2.05, 4.69) is 10.5 Å². The fraction of sp³-hybridized carbons (Fsp3) is 0.476. The Hall–Kier alpha value is -2.67. The van der Waals surface area contributed by atoms with E-state index in [1.165, 1.54) is 12.8 Å². The quantitative estimate of drug-likeness (QED) is 0.728. The second-order valence-electron chi connectivity index (χ2n) is 8.00. The zero-order valence-corrected chi connectivity index (χ0v) is 15.9. The Morgan fingerprint density at radius 2 is 1.96 bits per heavy atom. The number of carboxylic acids is 1. The summed E-state index contributed by atoms with van der Waals surface area (Å²) in [7, 11) is 0. The van der Waals surface area contributed by atoms with E-state index in [0.717, 1.165) is 30.5 Å². The minimum absolute atomic E-state index is 0.0425. The van der Waals surface area contributed by atoms with Crippen LogP contribution in [-0.4, -0.2) is 52.2 Å². The van der Waals surface area contributed by atoms with Crippen molar-refractivity contribution in [1.29, 1.82) is 0 Å². The average Bonchev–Trinajstić information content (AvgIpc) is 3.29. The second kappa shape index (κ2) is 7.75. The number of nitrogens with zero attached hydrogens (tertiary/aromatic N) is 2. The van der Waals surface area contributed by atoms with E-state index in [1.54, 1.807) is 6.07 Å². The Morgan fingerprint density at radius 3 is 2.61 bits per heavy atom. The zero-order valence-electron chi connectivity index (χ0n) is 15.9. The Bertz CT molecular complexity index is 851. The third-order valence-electron chi connectivity index (χ3n) is 5.57. The Morgan fingerprint density at radius 1 is 1.25 bits per heavy atom. The van der Waals surface area contributed by atoms with Crippen LogP contribution in [0.4, 0.5) is 0 Å². The average molecular weight is 383 g/mol. The van der Waals surface area contributed by atoms with E-state index in [9.17, 15) is 9.59 Å². The number of hydrogen-bond donors (Lipinski definition) is 2. The monoisotopic (exact) mass is 383 g/mol. The van der Waals surface area contributed by atoms with Gasteiger partial charge in [0.15, 0.2) is 0 Å². The molecule has 0 unspecified atom stereocenters. The minimum atomic E-state index is -0.793. The van der Waals surface area contributed by atoms with Crippen molar-refractivity contribution in [2.24, 2.45) is 5.92 Å². The van der Waals surface area contributed by atoms with E-state index < -0.39 is 5.97 Å². The number of rotatable bonds is 8. The molecular weight excluding hydrogens is 358 g/mol. The van der Waals surface area contributed by atoms with Crippen molar-refractivity contribution in [1.82, 2.24) is 15.4 Å². The number of amides is 1. The maximum absolute atomic E-state index is 12.4. The molecule has 1 aromatic carbocycles. The van der Waals surface area contributed by atoms with Crippen LogP contribution in [0.5, 0.6) is 0 Å². The van der Waals surface area contributed by atoms with Gasteiger partial charge in [0.1, 0.15) is 5.69 Å². The summed E-state index contributed by atoms with van der Waals surface area (Å²) in [5.41, 5.74) is 2.69. The SMILES string of the molecule is Cc1ccc(-c2cc(C(=O)NC3CC(N(CC(=O)O)CC4CC4)C3)on2)cc1. The molecule has 0 radical (unpaired) electrons. The molecule has 0 bridgehead atoms. The molecule has 7 heteroatoms. The first-order valence-corrected chi connectivity index (χ1v) is 9.78. The van der Waals surface area contributed by atoms with E-state index in [1.807, 2.05) is 36.1 Å². The molecule has 1 amide bonds. The molecule has 2 N–H and O–H groups in total.